The molecule has 0 bridgehead atoms. The van der Waals surface area contributed by atoms with Crippen molar-refractivity contribution in [1.29, 1.82) is 0 Å². The second-order valence-corrected chi connectivity index (χ2v) is 4.03. The summed E-state index contributed by atoms with van der Waals surface area (Å²) in [5, 5.41) is 6.62. The third kappa shape index (κ3) is 3.56. The van der Waals surface area contributed by atoms with Gasteiger partial charge in [-0.2, -0.15) is 4.98 Å². The maximum absolute atomic E-state index is 5.92. The summed E-state index contributed by atoms with van der Waals surface area (Å²) < 4.78 is 0. The van der Waals surface area contributed by atoms with Crippen LogP contribution in [-0.4, -0.2) is 21.5 Å². The zero-order chi connectivity index (χ0) is 12.8. The van der Waals surface area contributed by atoms with Crippen molar-refractivity contribution in [2.45, 2.75) is 13.5 Å². The fourth-order valence-electron chi connectivity index (χ4n) is 1.44. The molecule has 0 aliphatic rings. The molecule has 2 heterocycles. The van der Waals surface area contributed by atoms with E-state index in [-0.39, 0.29) is 0 Å². The zero-order valence-corrected chi connectivity index (χ0v) is 10.8. The molecule has 0 atom stereocenters. The Hall–Kier alpha value is -1.88. The third-order valence-corrected chi connectivity index (χ3v) is 2.42. The molecule has 94 valence electrons. The smallest absolute Gasteiger partial charge is 0.226 e. The van der Waals surface area contributed by atoms with Gasteiger partial charge in [0.15, 0.2) is 0 Å². The van der Waals surface area contributed by atoms with E-state index >= 15 is 0 Å². The molecule has 2 aromatic rings. The summed E-state index contributed by atoms with van der Waals surface area (Å²) in [6.07, 6.45) is 3.55. The van der Waals surface area contributed by atoms with Gasteiger partial charge in [0.1, 0.15) is 11.0 Å². The van der Waals surface area contributed by atoms with Crippen molar-refractivity contribution >= 4 is 23.4 Å². The van der Waals surface area contributed by atoms with Gasteiger partial charge in [0.2, 0.25) is 5.95 Å². The lowest BCUT2D eigenvalue weighted by atomic mass is 10.3. The van der Waals surface area contributed by atoms with Crippen LogP contribution >= 0.6 is 11.6 Å². The quantitative estimate of drug-likeness (QED) is 0.812. The highest BCUT2D eigenvalue weighted by Gasteiger charge is 2.02. The molecule has 2 N–H and O–H groups in total. The first-order valence-corrected chi connectivity index (χ1v) is 6.07. The van der Waals surface area contributed by atoms with Crippen molar-refractivity contribution < 1.29 is 0 Å². The predicted octanol–water partition coefficient (Wildman–Crippen LogP) is 2.57. The Morgan fingerprint density at radius 3 is 2.89 bits per heavy atom. The van der Waals surface area contributed by atoms with E-state index < -0.39 is 0 Å². The molecule has 0 aliphatic carbocycles. The van der Waals surface area contributed by atoms with Gasteiger partial charge in [-0.3, -0.25) is 4.98 Å². The predicted molar refractivity (Wildman–Crippen MR) is 72.8 cm³/mol. The topological polar surface area (TPSA) is 62.7 Å². The summed E-state index contributed by atoms with van der Waals surface area (Å²) in [6.45, 7) is 3.38. The van der Waals surface area contributed by atoms with E-state index in [1.807, 2.05) is 19.1 Å². The number of aromatic nitrogens is 3. The summed E-state index contributed by atoms with van der Waals surface area (Å²) in [6, 6.07) is 5.58. The van der Waals surface area contributed by atoms with E-state index in [2.05, 4.69) is 25.6 Å². The van der Waals surface area contributed by atoms with Gasteiger partial charge in [-0.15, -0.1) is 0 Å². The lowest BCUT2D eigenvalue weighted by Crippen LogP contribution is -2.06. The van der Waals surface area contributed by atoms with E-state index in [9.17, 15) is 0 Å². The molecular formula is C12H14ClN5. The lowest BCUT2D eigenvalue weighted by Gasteiger charge is -2.08. The van der Waals surface area contributed by atoms with Crippen molar-refractivity contribution in [3.05, 3.63) is 41.3 Å². The van der Waals surface area contributed by atoms with Crippen LogP contribution in [0.5, 0.6) is 0 Å². The summed E-state index contributed by atoms with van der Waals surface area (Å²) in [5.74, 6) is 1.22. The summed E-state index contributed by atoms with van der Waals surface area (Å²) >= 11 is 5.92. The second kappa shape index (κ2) is 6.16. The van der Waals surface area contributed by atoms with Gasteiger partial charge in [0.05, 0.1) is 0 Å². The van der Waals surface area contributed by atoms with Crippen LogP contribution < -0.4 is 10.6 Å². The van der Waals surface area contributed by atoms with Crippen LogP contribution in [0.3, 0.4) is 0 Å². The van der Waals surface area contributed by atoms with Crippen molar-refractivity contribution in [2.24, 2.45) is 0 Å². The van der Waals surface area contributed by atoms with Crippen LogP contribution in [0.25, 0.3) is 0 Å². The number of hydrogen-bond acceptors (Lipinski definition) is 5. The molecular weight excluding hydrogens is 250 g/mol. The van der Waals surface area contributed by atoms with E-state index in [1.54, 1.807) is 18.5 Å². The SMILES string of the molecule is CCNc1nc(Cl)cc(NCc2cccnc2)n1. The molecule has 18 heavy (non-hydrogen) atoms. The van der Waals surface area contributed by atoms with Crippen molar-refractivity contribution in [3.8, 4) is 0 Å². The molecule has 0 fully saturated rings. The Labute approximate surface area is 111 Å². The highest BCUT2D eigenvalue weighted by molar-refractivity contribution is 6.29. The van der Waals surface area contributed by atoms with Crippen LogP contribution in [0.2, 0.25) is 5.15 Å². The molecule has 0 spiro atoms. The van der Waals surface area contributed by atoms with Gasteiger partial charge in [-0.1, -0.05) is 17.7 Å². The van der Waals surface area contributed by atoms with E-state index in [4.69, 9.17) is 11.6 Å². The zero-order valence-electron chi connectivity index (χ0n) is 10.0. The monoisotopic (exact) mass is 263 g/mol. The van der Waals surface area contributed by atoms with Crippen molar-refractivity contribution in [3.63, 3.8) is 0 Å². The first kappa shape index (κ1) is 12.6. The fraction of sp³-hybridized carbons (Fsp3) is 0.250. The number of anilines is 2. The third-order valence-electron chi connectivity index (χ3n) is 2.23. The summed E-state index contributed by atoms with van der Waals surface area (Å²) in [5.41, 5.74) is 1.08. The Morgan fingerprint density at radius 1 is 1.28 bits per heavy atom. The molecule has 6 heteroatoms. The first-order valence-electron chi connectivity index (χ1n) is 5.69. The molecule has 0 saturated heterocycles. The van der Waals surface area contributed by atoms with Gasteiger partial charge in [-0.05, 0) is 18.6 Å². The molecule has 0 aliphatic heterocycles. The number of hydrogen-bond donors (Lipinski definition) is 2. The standard InChI is InChI=1S/C12H14ClN5/c1-2-15-12-17-10(13)6-11(18-12)16-8-9-4-3-5-14-7-9/h3-7H,2,8H2,1H3,(H2,15,16,17,18). The molecule has 0 saturated carbocycles. The minimum absolute atomic E-state index is 0.412. The maximum atomic E-state index is 5.92. The average molecular weight is 264 g/mol. The highest BCUT2D eigenvalue weighted by atomic mass is 35.5. The Kier molecular flexibility index (Phi) is 4.30. The van der Waals surface area contributed by atoms with Crippen molar-refractivity contribution in [1.82, 2.24) is 15.0 Å². The molecule has 0 unspecified atom stereocenters. The normalized spacial score (nSPS) is 10.1. The number of pyridine rings is 1. The van der Waals surface area contributed by atoms with Crippen molar-refractivity contribution in [2.75, 3.05) is 17.2 Å². The minimum Gasteiger partial charge on any atom is -0.366 e. The van der Waals surface area contributed by atoms with Crippen LogP contribution in [0.15, 0.2) is 30.6 Å². The van der Waals surface area contributed by atoms with Crippen LogP contribution in [0.4, 0.5) is 11.8 Å². The second-order valence-electron chi connectivity index (χ2n) is 3.64. The highest BCUT2D eigenvalue weighted by Crippen LogP contribution is 2.14. The molecule has 0 aromatic carbocycles. The van der Waals surface area contributed by atoms with Gasteiger partial charge in [0, 0.05) is 31.5 Å². The number of halogens is 1. The molecule has 0 radical (unpaired) electrons. The van der Waals surface area contributed by atoms with E-state index in [0.717, 1.165) is 12.1 Å². The molecule has 0 amide bonds. The number of rotatable bonds is 5. The largest absolute Gasteiger partial charge is 0.366 e. The van der Waals surface area contributed by atoms with E-state index in [0.29, 0.717) is 23.5 Å². The van der Waals surface area contributed by atoms with E-state index in [1.165, 1.54) is 0 Å². The minimum atomic E-state index is 0.412. The molecule has 2 aromatic heterocycles. The van der Waals surface area contributed by atoms with Crippen LogP contribution in [-0.2, 0) is 6.54 Å². The lowest BCUT2D eigenvalue weighted by molar-refractivity contribution is 1.05. The Balaban J connectivity index is 2.05. The first-order chi connectivity index (χ1) is 8.78. The molecule has 2 rings (SSSR count). The van der Waals surface area contributed by atoms with Gasteiger partial charge < -0.3 is 10.6 Å². The fourth-order valence-corrected chi connectivity index (χ4v) is 1.62. The summed E-state index contributed by atoms with van der Waals surface area (Å²) in [7, 11) is 0. The van der Waals surface area contributed by atoms with Gasteiger partial charge >= 0.3 is 0 Å². The number of nitrogens with zero attached hydrogens (tertiary/aromatic N) is 3. The van der Waals surface area contributed by atoms with Crippen LogP contribution in [0, 0.1) is 0 Å². The van der Waals surface area contributed by atoms with Gasteiger partial charge in [0.25, 0.3) is 0 Å². The Bertz CT molecular complexity index is 503. The summed E-state index contributed by atoms with van der Waals surface area (Å²) in [4.78, 5) is 12.4. The van der Waals surface area contributed by atoms with Gasteiger partial charge in [-0.25, -0.2) is 4.98 Å². The molecule has 5 nitrogen and oxygen atoms in total. The Morgan fingerprint density at radius 2 is 2.17 bits per heavy atom. The maximum Gasteiger partial charge on any atom is 0.226 e. The van der Waals surface area contributed by atoms with Crippen LogP contribution in [0.1, 0.15) is 12.5 Å². The average Bonchev–Trinajstić information content (AvgIpc) is 2.37. The number of nitrogens with one attached hydrogen (secondary N) is 2.